The van der Waals surface area contributed by atoms with Crippen LogP contribution >= 0.6 is 0 Å². The fraction of sp³-hybridized carbons (Fsp3) is 0.476. The van der Waals surface area contributed by atoms with Crippen LogP contribution in [0.15, 0.2) is 30.3 Å². The van der Waals surface area contributed by atoms with Crippen molar-refractivity contribution in [1.82, 2.24) is 10.3 Å². The van der Waals surface area contributed by atoms with Crippen LogP contribution in [0.3, 0.4) is 0 Å². The van der Waals surface area contributed by atoms with E-state index in [0.717, 1.165) is 36.5 Å². The summed E-state index contributed by atoms with van der Waals surface area (Å²) in [5.74, 6) is 0.925. The third-order valence-electron chi connectivity index (χ3n) is 4.45. The number of pyridine rings is 1. The number of nitrogens with zero attached hydrogens (tertiary/aromatic N) is 1. The van der Waals surface area contributed by atoms with E-state index in [-0.39, 0.29) is 0 Å². The molecule has 1 N–H and O–H groups in total. The molecule has 25 heavy (non-hydrogen) atoms. The average molecular weight is 340 g/mol. The highest BCUT2D eigenvalue weighted by atomic mass is 16.5. The molecule has 134 valence electrons. The van der Waals surface area contributed by atoms with Gasteiger partial charge in [0.25, 0.3) is 0 Å². The van der Waals surface area contributed by atoms with Crippen molar-refractivity contribution in [3.05, 3.63) is 58.4 Å². The summed E-state index contributed by atoms with van der Waals surface area (Å²) in [6.45, 7) is 9.28. The highest BCUT2D eigenvalue weighted by molar-refractivity contribution is 5.47. The number of aromatic nitrogens is 1. The third-order valence-corrected chi connectivity index (χ3v) is 4.45. The van der Waals surface area contributed by atoms with Crippen molar-refractivity contribution in [3.63, 3.8) is 0 Å². The Morgan fingerprint density at radius 3 is 2.68 bits per heavy atom. The molecule has 1 aromatic carbocycles. The van der Waals surface area contributed by atoms with Crippen LogP contribution < -0.4 is 10.1 Å². The Hall–Kier alpha value is -1.91. The van der Waals surface area contributed by atoms with E-state index in [1.807, 2.05) is 13.0 Å². The lowest BCUT2D eigenvalue weighted by Crippen LogP contribution is -2.25. The number of benzene rings is 1. The zero-order valence-electron chi connectivity index (χ0n) is 15.5. The van der Waals surface area contributed by atoms with Crippen molar-refractivity contribution in [2.75, 3.05) is 13.2 Å². The van der Waals surface area contributed by atoms with Gasteiger partial charge in [0, 0.05) is 23.6 Å². The Morgan fingerprint density at radius 2 is 1.92 bits per heavy atom. The molecule has 2 aromatic rings. The Balaban J connectivity index is 1.72. The van der Waals surface area contributed by atoms with E-state index in [0.29, 0.717) is 25.9 Å². The Kier molecular flexibility index (Phi) is 6.05. The molecular formula is C21H28N2O2. The van der Waals surface area contributed by atoms with Gasteiger partial charge in [0.2, 0.25) is 0 Å². The van der Waals surface area contributed by atoms with Crippen LogP contribution in [0.4, 0.5) is 0 Å². The van der Waals surface area contributed by atoms with Crippen molar-refractivity contribution < 1.29 is 9.47 Å². The lowest BCUT2D eigenvalue weighted by Gasteiger charge is -2.16. The van der Waals surface area contributed by atoms with Gasteiger partial charge in [0.15, 0.2) is 0 Å². The molecule has 3 rings (SSSR count). The van der Waals surface area contributed by atoms with Gasteiger partial charge in [0.1, 0.15) is 5.75 Å². The number of nitrogens with one attached hydrogen (secondary N) is 1. The molecule has 0 atom stereocenters. The number of fused-ring (bicyclic) bond motifs is 1. The molecule has 0 radical (unpaired) electrons. The molecular weight excluding hydrogens is 312 g/mol. The largest absolute Gasteiger partial charge is 0.491 e. The van der Waals surface area contributed by atoms with E-state index in [9.17, 15) is 0 Å². The summed E-state index contributed by atoms with van der Waals surface area (Å²) in [5, 5.41) is 3.41. The normalized spacial score (nSPS) is 13.3. The summed E-state index contributed by atoms with van der Waals surface area (Å²) < 4.78 is 11.8. The first-order valence-corrected chi connectivity index (χ1v) is 9.14. The predicted octanol–water partition coefficient (Wildman–Crippen LogP) is 3.78. The highest BCUT2D eigenvalue weighted by Crippen LogP contribution is 2.34. The highest BCUT2D eigenvalue weighted by Gasteiger charge is 2.23. The Labute approximate surface area is 150 Å². The van der Waals surface area contributed by atoms with Gasteiger partial charge in [-0.1, -0.05) is 44.2 Å². The molecule has 0 saturated carbocycles. The van der Waals surface area contributed by atoms with Gasteiger partial charge in [-0.2, -0.15) is 0 Å². The van der Waals surface area contributed by atoms with Gasteiger partial charge in [-0.3, -0.25) is 4.98 Å². The fourth-order valence-corrected chi connectivity index (χ4v) is 3.19. The summed E-state index contributed by atoms with van der Waals surface area (Å²) >= 11 is 0. The van der Waals surface area contributed by atoms with Gasteiger partial charge >= 0.3 is 0 Å². The molecule has 4 nitrogen and oxygen atoms in total. The van der Waals surface area contributed by atoms with E-state index in [1.54, 1.807) is 0 Å². The predicted molar refractivity (Wildman–Crippen MR) is 100.0 cm³/mol. The van der Waals surface area contributed by atoms with Gasteiger partial charge < -0.3 is 14.8 Å². The molecule has 0 amide bonds. The van der Waals surface area contributed by atoms with Crippen LogP contribution in [-0.2, 0) is 24.4 Å². The van der Waals surface area contributed by atoms with Crippen molar-refractivity contribution >= 4 is 0 Å². The van der Waals surface area contributed by atoms with Crippen molar-refractivity contribution in [3.8, 4) is 5.75 Å². The van der Waals surface area contributed by atoms with E-state index < -0.39 is 0 Å². The second kappa shape index (κ2) is 8.45. The van der Waals surface area contributed by atoms with Crippen molar-refractivity contribution in [2.24, 2.45) is 0 Å². The number of rotatable bonds is 8. The molecule has 1 aliphatic heterocycles. The molecule has 0 fully saturated rings. The molecule has 0 bridgehead atoms. The topological polar surface area (TPSA) is 43.4 Å². The molecule has 4 heteroatoms. The zero-order valence-corrected chi connectivity index (χ0v) is 15.5. The lowest BCUT2D eigenvalue weighted by atomic mass is 10.0. The van der Waals surface area contributed by atoms with Crippen LogP contribution in [-0.4, -0.2) is 24.2 Å². The van der Waals surface area contributed by atoms with E-state index in [4.69, 9.17) is 14.5 Å². The maximum atomic E-state index is 6.08. The summed E-state index contributed by atoms with van der Waals surface area (Å²) in [6, 6.07) is 11.0. The minimum atomic E-state index is 0.512. The molecule has 0 aliphatic carbocycles. The minimum Gasteiger partial charge on any atom is -0.491 e. The molecule has 1 aromatic heterocycles. The standard InChI is InChI=1S/C21H28N2O2/c1-15(2)22-10-7-11-25-21-16(3)23-20(18-13-24-14-19(18)21)12-17-8-5-4-6-9-17/h4-6,8-9,15,22H,7,10-14H2,1-3H3. The van der Waals surface area contributed by atoms with Crippen LogP contribution in [0.25, 0.3) is 0 Å². The first-order valence-electron chi connectivity index (χ1n) is 9.14. The monoisotopic (exact) mass is 340 g/mol. The van der Waals surface area contributed by atoms with Gasteiger partial charge in [-0.15, -0.1) is 0 Å². The molecule has 1 aliphatic rings. The number of ether oxygens (including phenoxy) is 2. The second-order valence-electron chi connectivity index (χ2n) is 6.90. The second-order valence-corrected chi connectivity index (χ2v) is 6.90. The summed E-state index contributed by atoms with van der Waals surface area (Å²) in [6.07, 6.45) is 1.82. The molecule has 0 spiro atoms. The number of hydrogen-bond acceptors (Lipinski definition) is 4. The summed E-state index contributed by atoms with van der Waals surface area (Å²) in [7, 11) is 0. The molecule has 0 unspecified atom stereocenters. The first kappa shape index (κ1) is 17.9. The SMILES string of the molecule is Cc1nc(Cc2ccccc2)c2c(c1OCCCNC(C)C)COC2. The van der Waals surface area contributed by atoms with E-state index in [2.05, 4.69) is 43.4 Å². The Bertz CT molecular complexity index is 699. The zero-order chi connectivity index (χ0) is 17.6. The van der Waals surface area contributed by atoms with E-state index >= 15 is 0 Å². The smallest absolute Gasteiger partial charge is 0.146 e. The van der Waals surface area contributed by atoms with Crippen LogP contribution in [0, 0.1) is 6.92 Å². The molecule has 0 saturated heterocycles. The average Bonchev–Trinajstić information content (AvgIpc) is 3.07. The number of aryl methyl sites for hydroxylation is 1. The van der Waals surface area contributed by atoms with Crippen LogP contribution in [0.2, 0.25) is 0 Å². The van der Waals surface area contributed by atoms with Crippen LogP contribution in [0.1, 0.15) is 48.3 Å². The van der Waals surface area contributed by atoms with Crippen molar-refractivity contribution in [1.29, 1.82) is 0 Å². The molecule has 2 heterocycles. The fourth-order valence-electron chi connectivity index (χ4n) is 3.19. The minimum absolute atomic E-state index is 0.512. The summed E-state index contributed by atoms with van der Waals surface area (Å²) in [5.41, 5.74) is 5.76. The van der Waals surface area contributed by atoms with Gasteiger partial charge in [-0.05, 0) is 25.5 Å². The number of hydrogen-bond donors (Lipinski definition) is 1. The first-order chi connectivity index (χ1) is 12.1. The third kappa shape index (κ3) is 4.59. The van der Waals surface area contributed by atoms with Gasteiger partial charge in [0.05, 0.1) is 31.2 Å². The lowest BCUT2D eigenvalue weighted by molar-refractivity contribution is 0.132. The van der Waals surface area contributed by atoms with Crippen molar-refractivity contribution in [2.45, 2.75) is 52.9 Å². The van der Waals surface area contributed by atoms with E-state index in [1.165, 1.54) is 16.7 Å². The van der Waals surface area contributed by atoms with Gasteiger partial charge in [-0.25, -0.2) is 0 Å². The van der Waals surface area contributed by atoms with Crippen LogP contribution in [0.5, 0.6) is 5.75 Å². The summed E-state index contributed by atoms with van der Waals surface area (Å²) in [4.78, 5) is 4.85. The maximum absolute atomic E-state index is 6.08. The Morgan fingerprint density at radius 1 is 1.16 bits per heavy atom. The quantitative estimate of drug-likeness (QED) is 0.743. The maximum Gasteiger partial charge on any atom is 0.146 e.